The topological polar surface area (TPSA) is 132 Å². The van der Waals surface area contributed by atoms with Crippen molar-refractivity contribution in [3.63, 3.8) is 0 Å². The molecule has 0 radical (unpaired) electrons. The highest BCUT2D eigenvalue weighted by Crippen LogP contribution is 2.30. The molecule has 3 N–H and O–H groups in total. The van der Waals surface area contributed by atoms with Crippen LogP contribution in [0, 0.1) is 0 Å². The van der Waals surface area contributed by atoms with E-state index < -0.39 is 5.91 Å². The van der Waals surface area contributed by atoms with Crippen molar-refractivity contribution in [2.45, 2.75) is 18.9 Å². The number of carbonyl (C=O) groups excluding carboxylic acids is 2. The molecule has 162 valence electrons. The minimum absolute atomic E-state index is 0.0711. The van der Waals surface area contributed by atoms with Crippen LogP contribution in [0.25, 0.3) is 22.0 Å². The van der Waals surface area contributed by atoms with Crippen LogP contribution < -0.4 is 11.1 Å². The quantitative estimate of drug-likeness (QED) is 0.475. The van der Waals surface area contributed by atoms with E-state index >= 15 is 0 Å². The van der Waals surface area contributed by atoms with Crippen LogP contribution >= 0.6 is 0 Å². The number of aromatic nitrogens is 4. The molecule has 3 aromatic heterocycles. The van der Waals surface area contributed by atoms with Gasteiger partial charge in [-0.3, -0.25) is 19.6 Å². The van der Waals surface area contributed by atoms with Gasteiger partial charge in [-0.1, -0.05) is 18.7 Å². The number of carbonyl (C=O) groups is 2. The van der Waals surface area contributed by atoms with Crippen molar-refractivity contribution in [3.05, 3.63) is 54.9 Å². The number of hydrogen-bond acceptors (Lipinski definition) is 7. The van der Waals surface area contributed by atoms with Crippen molar-refractivity contribution >= 4 is 45.6 Å². The number of likely N-dealkylation sites (tertiary alicyclic amines) is 1. The molecule has 1 fully saturated rings. The second-order valence-electron chi connectivity index (χ2n) is 7.61. The number of hydrogen-bond donors (Lipinski definition) is 2. The third-order valence-electron chi connectivity index (χ3n) is 5.61. The number of anilines is 2. The predicted molar refractivity (Wildman–Crippen MR) is 119 cm³/mol. The molecule has 0 saturated carbocycles. The standard InChI is InChI=1S/C22H21N7O3/c1-2-17(30)28-11-5-6-13(12-28)29-15-9-10-24-20(23)18(15)19(27-29)21(31)26-22-25-14-7-3-4-8-16(14)32-22/h2-4,7-10,13H,1,5-6,11-12H2,(H2,23,24)(H,25,26,31). The van der Waals surface area contributed by atoms with Gasteiger partial charge in [0.15, 0.2) is 11.3 Å². The van der Waals surface area contributed by atoms with E-state index in [1.54, 1.807) is 34.0 Å². The molecule has 1 saturated heterocycles. The molecule has 1 atom stereocenters. The number of piperidine rings is 1. The third-order valence-corrected chi connectivity index (χ3v) is 5.61. The Morgan fingerprint density at radius 2 is 2.12 bits per heavy atom. The van der Waals surface area contributed by atoms with Gasteiger partial charge in [-0.15, -0.1) is 0 Å². The van der Waals surface area contributed by atoms with Gasteiger partial charge in [0, 0.05) is 19.3 Å². The second-order valence-corrected chi connectivity index (χ2v) is 7.61. The van der Waals surface area contributed by atoms with Crippen molar-refractivity contribution in [2.75, 3.05) is 24.1 Å². The molecule has 10 nitrogen and oxygen atoms in total. The fourth-order valence-electron chi connectivity index (χ4n) is 4.12. The van der Waals surface area contributed by atoms with Crippen LogP contribution in [0.1, 0.15) is 29.4 Å². The molecular formula is C22H21N7O3. The molecule has 0 bridgehead atoms. The Bertz CT molecular complexity index is 1320. The molecule has 2 amide bonds. The summed E-state index contributed by atoms with van der Waals surface area (Å²) in [5.41, 5.74) is 8.13. The Kier molecular flexibility index (Phi) is 4.81. The largest absolute Gasteiger partial charge is 0.423 e. The summed E-state index contributed by atoms with van der Waals surface area (Å²) in [6.45, 7) is 4.70. The molecular weight excluding hydrogens is 410 g/mol. The van der Waals surface area contributed by atoms with Gasteiger partial charge in [0.1, 0.15) is 11.3 Å². The minimum Gasteiger partial charge on any atom is -0.423 e. The summed E-state index contributed by atoms with van der Waals surface area (Å²) in [7, 11) is 0. The van der Waals surface area contributed by atoms with E-state index in [1.807, 2.05) is 12.1 Å². The maximum absolute atomic E-state index is 13.1. The van der Waals surface area contributed by atoms with Gasteiger partial charge in [0.05, 0.1) is 16.9 Å². The van der Waals surface area contributed by atoms with Crippen LogP contribution in [-0.4, -0.2) is 49.6 Å². The van der Waals surface area contributed by atoms with Crippen molar-refractivity contribution < 1.29 is 14.0 Å². The third kappa shape index (κ3) is 3.35. The van der Waals surface area contributed by atoms with Gasteiger partial charge in [-0.25, -0.2) is 4.98 Å². The average Bonchev–Trinajstić information content (AvgIpc) is 3.40. The zero-order chi connectivity index (χ0) is 22.2. The maximum Gasteiger partial charge on any atom is 0.302 e. The van der Waals surface area contributed by atoms with Crippen LogP contribution in [-0.2, 0) is 4.79 Å². The number of nitrogens with one attached hydrogen (secondary N) is 1. The molecule has 4 heterocycles. The van der Waals surface area contributed by atoms with Crippen molar-refractivity contribution in [3.8, 4) is 0 Å². The molecule has 5 rings (SSSR count). The number of fused-ring (bicyclic) bond motifs is 2. The monoisotopic (exact) mass is 431 g/mol. The van der Waals surface area contributed by atoms with Crippen molar-refractivity contribution in [1.82, 2.24) is 24.6 Å². The van der Waals surface area contributed by atoms with E-state index in [0.29, 0.717) is 35.1 Å². The minimum atomic E-state index is -0.505. The van der Waals surface area contributed by atoms with Crippen LogP contribution in [0.5, 0.6) is 0 Å². The van der Waals surface area contributed by atoms with E-state index in [0.717, 1.165) is 12.8 Å². The molecule has 32 heavy (non-hydrogen) atoms. The molecule has 10 heteroatoms. The first kappa shape index (κ1) is 19.7. The highest BCUT2D eigenvalue weighted by molar-refractivity contribution is 6.13. The van der Waals surface area contributed by atoms with Crippen molar-refractivity contribution in [1.29, 1.82) is 0 Å². The van der Waals surface area contributed by atoms with E-state index in [2.05, 4.69) is 27.0 Å². The number of benzene rings is 1. The molecule has 1 unspecified atom stereocenters. The van der Waals surface area contributed by atoms with Crippen LogP contribution in [0.2, 0.25) is 0 Å². The van der Waals surface area contributed by atoms with Crippen molar-refractivity contribution in [2.24, 2.45) is 0 Å². The fraction of sp³-hybridized carbons (Fsp3) is 0.227. The summed E-state index contributed by atoms with van der Waals surface area (Å²) in [5, 5.41) is 7.71. The number of nitrogens with zero attached hydrogens (tertiary/aromatic N) is 5. The van der Waals surface area contributed by atoms with E-state index in [-0.39, 0.29) is 29.5 Å². The number of pyridine rings is 1. The molecule has 0 spiro atoms. The number of amides is 2. The Labute approximate surface area is 182 Å². The van der Waals surface area contributed by atoms with E-state index in [9.17, 15) is 9.59 Å². The van der Waals surface area contributed by atoms with E-state index in [4.69, 9.17) is 10.2 Å². The summed E-state index contributed by atoms with van der Waals surface area (Å²) >= 11 is 0. The Morgan fingerprint density at radius 3 is 2.94 bits per heavy atom. The summed E-state index contributed by atoms with van der Waals surface area (Å²) in [6, 6.07) is 8.95. The lowest BCUT2D eigenvalue weighted by Gasteiger charge is -2.32. The fourth-order valence-corrected chi connectivity index (χ4v) is 4.12. The van der Waals surface area contributed by atoms with Crippen LogP contribution in [0.15, 0.2) is 53.6 Å². The summed E-state index contributed by atoms with van der Waals surface area (Å²) in [6.07, 6.45) is 4.52. The number of rotatable bonds is 4. The lowest BCUT2D eigenvalue weighted by Crippen LogP contribution is -2.40. The first-order valence-corrected chi connectivity index (χ1v) is 10.3. The Balaban J connectivity index is 1.51. The maximum atomic E-state index is 13.1. The molecule has 4 aromatic rings. The predicted octanol–water partition coefficient (Wildman–Crippen LogP) is 2.76. The highest BCUT2D eigenvalue weighted by Gasteiger charge is 2.29. The zero-order valence-electron chi connectivity index (χ0n) is 17.2. The average molecular weight is 431 g/mol. The smallest absolute Gasteiger partial charge is 0.302 e. The second kappa shape index (κ2) is 7.80. The first-order chi connectivity index (χ1) is 15.5. The van der Waals surface area contributed by atoms with Gasteiger partial charge < -0.3 is 15.1 Å². The van der Waals surface area contributed by atoms with Crippen LogP contribution in [0.4, 0.5) is 11.8 Å². The van der Waals surface area contributed by atoms with Gasteiger partial charge >= 0.3 is 6.01 Å². The van der Waals surface area contributed by atoms with Gasteiger partial charge in [0.2, 0.25) is 5.91 Å². The van der Waals surface area contributed by atoms with E-state index in [1.165, 1.54) is 6.08 Å². The first-order valence-electron chi connectivity index (χ1n) is 10.3. The number of nitrogen functional groups attached to an aromatic ring is 1. The Morgan fingerprint density at radius 1 is 1.28 bits per heavy atom. The zero-order valence-corrected chi connectivity index (χ0v) is 17.2. The summed E-state index contributed by atoms with van der Waals surface area (Å²) in [4.78, 5) is 35.4. The number of nitrogens with two attached hydrogens (primary N) is 1. The summed E-state index contributed by atoms with van der Waals surface area (Å²) < 4.78 is 7.36. The molecule has 1 aliphatic heterocycles. The van der Waals surface area contributed by atoms with Gasteiger partial charge in [-0.05, 0) is 37.1 Å². The van der Waals surface area contributed by atoms with Crippen LogP contribution in [0.3, 0.4) is 0 Å². The lowest BCUT2D eigenvalue weighted by atomic mass is 10.1. The lowest BCUT2D eigenvalue weighted by molar-refractivity contribution is -0.127. The normalized spacial score (nSPS) is 16.4. The number of oxazole rings is 1. The molecule has 0 aliphatic carbocycles. The number of para-hydroxylation sites is 2. The summed E-state index contributed by atoms with van der Waals surface area (Å²) in [5.74, 6) is -0.428. The van der Waals surface area contributed by atoms with Gasteiger partial charge in [0.25, 0.3) is 5.91 Å². The highest BCUT2D eigenvalue weighted by atomic mass is 16.4. The SMILES string of the molecule is C=CC(=O)N1CCCC(n2nc(C(=O)Nc3nc4ccccc4o3)c3c(N)nccc32)C1. The molecule has 1 aromatic carbocycles. The van der Waals surface area contributed by atoms with Gasteiger partial charge in [-0.2, -0.15) is 10.1 Å². The Hall–Kier alpha value is -4.21. The molecule has 1 aliphatic rings.